The molecule has 0 saturated carbocycles. The summed E-state index contributed by atoms with van der Waals surface area (Å²) >= 11 is 6.06. The van der Waals surface area contributed by atoms with E-state index < -0.39 is 0 Å². The van der Waals surface area contributed by atoms with Crippen molar-refractivity contribution in [1.82, 2.24) is 19.9 Å². The van der Waals surface area contributed by atoms with E-state index in [0.29, 0.717) is 22.9 Å². The number of unbranched alkanes of at least 4 members (excludes halogenated alkanes) is 3. The van der Waals surface area contributed by atoms with Crippen molar-refractivity contribution in [1.29, 1.82) is 0 Å². The van der Waals surface area contributed by atoms with Crippen molar-refractivity contribution in [2.75, 3.05) is 25.5 Å². The van der Waals surface area contributed by atoms with Gasteiger partial charge in [0.15, 0.2) is 0 Å². The van der Waals surface area contributed by atoms with Crippen molar-refractivity contribution in [3.63, 3.8) is 0 Å². The van der Waals surface area contributed by atoms with Crippen molar-refractivity contribution in [3.8, 4) is 28.3 Å². The number of amides is 1. The largest absolute Gasteiger partial charge is 0.497 e. The Balaban J connectivity index is 0.849. The molecule has 0 atom stereocenters. The van der Waals surface area contributed by atoms with E-state index in [1.165, 1.54) is 10.8 Å². The summed E-state index contributed by atoms with van der Waals surface area (Å²) in [6.07, 6.45) is 4.14. The minimum Gasteiger partial charge on any atom is -0.497 e. The Kier molecular flexibility index (Phi) is 9.07. The number of nitrogens with one attached hydrogen (secondary N) is 2. The lowest BCUT2D eigenvalue weighted by Gasteiger charge is -2.11. The fourth-order valence-corrected chi connectivity index (χ4v) is 7.53. The van der Waals surface area contributed by atoms with Gasteiger partial charge in [-0.05, 0) is 86.0 Å². The minimum absolute atomic E-state index is 0.0710. The molecule has 2 heterocycles. The zero-order chi connectivity index (χ0) is 35.8. The zero-order valence-corrected chi connectivity index (χ0v) is 29.9. The molecule has 1 aliphatic carbocycles. The first kappa shape index (κ1) is 33.4. The molecule has 1 amide bonds. The highest BCUT2D eigenvalue weighted by molar-refractivity contribution is 6.30. The summed E-state index contributed by atoms with van der Waals surface area (Å²) in [6, 6.07) is 31.2. The van der Waals surface area contributed by atoms with Crippen LogP contribution in [-0.4, -0.2) is 46.5 Å². The van der Waals surface area contributed by atoms with Gasteiger partial charge in [0.2, 0.25) is 5.91 Å². The number of halogens is 1. The molecule has 7 aromatic rings. The Hall–Kier alpha value is -5.73. The van der Waals surface area contributed by atoms with E-state index in [1.54, 1.807) is 35.9 Å². The van der Waals surface area contributed by atoms with Gasteiger partial charge in [0.05, 0.1) is 41.5 Å². The number of para-hydroxylation sites is 2. The third kappa shape index (κ3) is 6.13. The van der Waals surface area contributed by atoms with Gasteiger partial charge in [-0.15, -0.1) is 0 Å². The van der Waals surface area contributed by atoms with Crippen molar-refractivity contribution in [2.45, 2.75) is 39.0 Å². The van der Waals surface area contributed by atoms with Crippen molar-refractivity contribution < 1.29 is 14.3 Å². The van der Waals surface area contributed by atoms with Crippen LogP contribution in [0.2, 0.25) is 5.02 Å². The molecular formula is C43H38ClN5O3. The molecule has 0 aliphatic heterocycles. The third-order valence-corrected chi connectivity index (χ3v) is 10.3. The number of carbonyl (C=O) groups is 2. The van der Waals surface area contributed by atoms with Gasteiger partial charge in [0, 0.05) is 62.3 Å². The fourth-order valence-electron chi connectivity index (χ4n) is 7.40. The highest BCUT2D eigenvalue weighted by Gasteiger charge is 2.26. The summed E-state index contributed by atoms with van der Waals surface area (Å²) < 4.78 is 7.15. The summed E-state index contributed by atoms with van der Waals surface area (Å²) in [4.78, 5) is 36.7. The second kappa shape index (κ2) is 14.1. The van der Waals surface area contributed by atoms with E-state index in [-0.39, 0.29) is 18.2 Å². The number of hydrogen-bond acceptors (Lipinski definition) is 6. The Morgan fingerprint density at radius 3 is 2.21 bits per heavy atom. The average Bonchev–Trinajstić information content (AvgIpc) is 3.62. The van der Waals surface area contributed by atoms with Crippen LogP contribution in [-0.2, 0) is 11.2 Å². The van der Waals surface area contributed by atoms with E-state index in [1.807, 2.05) is 49.4 Å². The van der Waals surface area contributed by atoms with E-state index in [0.717, 1.165) is 93.6 Å². The SMILES string of the molecule is COc1ccc2c(c1)c(CC(=O)NCCCCCCNc1ccc3c4c(cccc14)-c1nc4ccccc4nc1-3)c(C)n2C(=O)c1ccc(Cl)cc1. The predicted molar refractivity (Wildman–Crippen MR) is 210 cm³/mol. The highest BCUT2D eigenvalue weighted by atomic mass is 35.5. The summed E-state index contributed by atoms with van der Waals surface area (Å²) in [5.74, 6) is 0.425. The molecule has 2 aromatic heterocycles. The Morgan fingerprint density at radius 2 is 1.48 bits per heavy atom. The van der Waals surface area contributed by atoms with Gasteiger partial charge in [-0.25, -0.2) is 9.97 Å². The van der Waals surface area contributed by atoms with Crippen LogP contribution in [0.3, 0.4) is 0 Å². The number of ether oxygens (including phenoxy) is 1. The van der Waals surface area contributed by atoms with E-state index >= 15 is 0 Å². The first-order valence-electron chi connectivity index (χ1n) is 17.7. The molecule has 0 radical (unpaired) electrons. The van der Waals surface area contributed by atoms with Crippen LogP contribution in [0, 0.1) is 6.92 Å². The Bertz CT molecular complexity index is 2460. The molecule has 8 nitrogen and oxygen atoms in total. The molecule has 52 heavy (non-hydrogen) atoms. The fraction of sp³-hybridized carbons (Fsp3) is 0.209. The van der Waals surface area contributed by atoms with Crippen LogP contribution in [0.5, 0.6) is 5.75 Å². The van der Waals surface area contributed by atoms with E-state index in [4.69, 9.17) is 26.3 Å². The smallest absolute Gasteiger partial charge is 0.262 e. The molecule has 0 spiro atoms. The molecular weight excluding hydrogens is 670 g/mol. The quantitative estimate of drug-likeness (QED) is 0.123. The van der Waals surface area contributed by atoms with Crippen LogP contribution < -0.4 is 15.4 Å². The van der Waals surface area contributed by atoms with Crippen LogP contribution in [0.15, 0.2) is 97.1 Å². The number of carbonyl (C=O) groups excluding carboxylic acids is 2. The summed E-state index contributed by atoms with van der Waals surface area (Å²) in [5, 5.41) is 10.5. The predicted octanol–water partition coefficient (Wildman–Crippen LogP) is 9.38. The van der Waals surface area contributed by atoms with Gasteiger partial charge in [0.25, 0.3) is 5.91 Å². The number of fused-ring (bicyclic) bond motifs is 5. The lowest BCUT2D eigenvalue weighted by Crippen LogP contribution is -2.26. The number of anilines is 1. The summed E-state index contributed by atoms with van der Waals surface area (Å²) in [7, 11) is 1.61. The number of methoxy groups -OCH3 is 1. The number of rotatable bonds is 12. The van der Waals surface area contributed by atoms with Gasteiger partial charge >= 0.3 is 0 Å². The highest BCUT2D eigenvalue weighted by Crippen LogP contribution is 2.47. The first-order valence-corrected chi connectivity index (χ1v) is 18.1. The summed E-state index contributed by atoms with van der Waals surface area (Å²) in [5.41, 5.74) is 9.92. The zero-order valence-electron chi connectivity index (χ0n) is 29.1. The average molecular weight is 708 g/mol. The van der Waals surface area contributed by atoms with Crippen LogP contribution in [0.25, 0.3) is 55.2 Å². The number of nitrogens with zero attached hydrogens (tertiary/aromatic N) is 3. The van der Waals surface area contributed by atoms with Gasteiger partial charge in [-0.3, -0.25) is 14.2 Å². The second-order valence-corrected chi connectivity index (χ2v) is 13.7. The molecule has 0 bridgehead atoms. The Labute approximate surface area is 306 Å². The third-order valence-electron chi connectivity index (χ3n) is 10.0. The number of aromatic nitrogens is 3. The molecule has 260 valence electrons. The second-order valence-electron chi connectivity index (χ2n) is 13.3. The normalized spacial score (nSPS) is 11.7. The first-order chi connectivity index (χ1) is 25.4. The lowest BCUT2D eigenvalue weighted by atomic mass is 10.0. The van der Waals surface area contributed by atoms with Gasteiger partial charge in [-0.2, -0.15) is 0 Å². The van der Waals surface area contributed by atoms with Gasteiger partial charge in [0.1, 0.15) is 5.75 Å². The molecule has 0 unspecified atom stereocenters. The molecule has 9 heteroatoms. The van der Waals surface area contributed by atoms with Crippen molar-refractivity contribution >= 4 is 61.8 Å². The molecule has 5 aromatic carbocycles. The minimum atomic E-state index is -0.173. The van der Waals surface area contributed by atoms with Crippen LogP contribution >= 0.6 is 11.6 Å². The lowest BCUT2D eigenvalue weighted by molar-refractivity contribution is -0.120. The number of benzene rings is 5. The van der Waals surface area contributed by atoms with Gasteiger partial charge in [-0.1, -0.05) is 60.8 Å². The monoisotopic (exact) mass is 707 g/mol. The number of hydrogen-bond donors (Lipinski definition) is 2. The van der Waals surface area contributed by atoms with Crippen molar-refractivity contribution in [3.05, 3.63) is 119 Å². The summed E-state index contributed by atoms with van der Waals surface area (Å²) in [6.45, 7) is 3.35. The maximum absolute atomic E-state index is 13.6. The molecule has 2 N–H and O–H groups in total. The van der Waals surface area contributed by atoms with E-state index in [2.05, 4.69) is 41.0 Å². The van der Waals surface area contributed by atoms with E-state index in [9.17, 15) is 9.59 Å². The molecule has 8 rings (SSSR count). The van der Waals surface area contributed by atoms with Crippen LogP contribution in [0.1, 0.15) is 47.3 Å². The standard InChI is InChI=1S/C43H38ClN5O3/c1-26-33(34-24-29(52-2)18-21-38(34)49(26)43(51)27-14-16-28(44)17-15-27)25-39(50)46-23-8-4-3-7-22-45-35-20-19-32-40-30(35)10-9-11-31(40)41-42(32)48-37-13-6-5-12-36(37)47-41/h5-6,9-21,24,45H,3-4,7-8,22-23,25H2,1-2H3,(H,46,50). The van der Waals surface area contributed by atoms with Crippen LogP contribution in [0.4, 0.5) is 5.69 Å². The maximum Gasteiger partial charge on any atom is 0.262 e. The topological polar surface area (TPSA) is 98.1 Å². The molecule has 0 fully saturated rings. The molecule has 0 saturated heterocycles. The Morgan fingerprint density at radius 1 is 0.769 bits per heavy atom. The molecule has 1 aliphatic rings. The van der Waals surface area contributed by atoms with Crippen molar-refractivity contribution in [2.24, 2.45) is 0 Å². The maximum atomic E-state index is 13.6. The van der Waals surface area contributed by atoms with Gasteiger partial charge < -0.3 is 15.4 Å².